The molecule has 2 rings (SSSR count). The number of aromatic nitrogens is 2. The van der Waals surface area contributed by atoms with E-state index in [4.69, 9.17) is 9.47 Å². The first-order chi connectivity index (χ1) is 12.0. The normalized spacial score (nSPS) is 10.6. The highest BCUT2D eigenvalue weighted by molar-refractivity contribution is 5.65. The lowest BCUT2D eigenvalue weighted by molar-refractivity contribution is 0.404. The van der Waals surface area contributed by atoms with Crippen LogP contribution in [0.3, 0.4) is 0 Å². The molecule has 0 radical (unpaired) electrons. The van der Waals surface area contributed by atoms with Crippen molar-refractivity contribution in [3.05, 3.63) is 30.0 Å². The van der Waals surface area contributed by atoms with Gasteiger partial charge in [-0.2, -0.15) is 4.98 Å². The summed E-state index contributed by atoms with van der Waals surface area (Å²) >= 11 is 0. The van der Waals surface area contributed by atoms with Gasteiger partial charge in [-0.15, -0.1) is 0 Å². The molecule has 0 aliphatic carbocycles. The molecule has 2 aromatic rings. The maximum absolute atomic E-state index is 5.39. The number of aryl methyl sites for hydroxylation is 1. The third-order valence-corrected chi connectivity index (χ3v) is 3.60. The largest absolute Gasteiger partial charge is 0.497 e. The smallest absolute Gasteiger partial charge is 0.229 e. The Labute approximate surface area is 149 Å². The average Bonchev–Trinajstić information content (AvgIpc) is 2.58. The van der Waals surface area contributed by atoms with Crippen molar-refractivity contribution in [3.8, 4) is 11.5 Å². The molecule has 1 aromatic carbocycles. The summed E-state index contributed by atoms with van der Waals surface area (Å²) in [4.78, 5) is 11.1. The van der Waals surface area contributed by atoms with Crippen molar-refractivity contribution in [2.75, 3.05) is 52.0 Å². The van der Waals surface area contributed by atoms with Crippen LogP contribution in [-0.2, 0) is 0 Å². The minimum atomic E-state index is 0.515. The zero-order chi connectivity index (χ0) is 18.2. The fraction of sp³-hybridized carbons (Fsp3) is 0.444. The van der Waals surface area contributed by atoms with Crippen molar-refractivity contribution >= 4 is 17.5 Å². The lowest BCUT2D eigenvalue weighted by Crippen LogP contribution is -2.17. The van der Waals surface area contributed by atoms with Crippen molar-refractivity contribution in [3.63, 3.8) is 0 Å². The molecule has 25 heavy (non-hydrogen) atoms. The van der Waals surface area contributed by atoms with Crippen LogP contribution in [0.2, 0.25) is 0 Å². The lowest BCUT2D eigenvalue weighted by Gasteiger charge is -2.14. The Hall–Kier alpha value is -2.54. The molecular weight excluding hydrogens is 318 g/mol. The van der Waals surface area contributed by atoms with E-state index in [-0.39, 0.29) is 0 Å². The van der Waals surface area contributed by atoms with Crippen molar-refractivity contribution in [2.45, 2.75) is 13.3 Å². The number of hydrogen-bond acceptors (Lipinski definition) is 7. The number of methoxy groups -OCH3 is 2. The molecule has 0 amide bonds. The Morgan fingerprint density at radius 3 is 2.56 bits per heavy atom. The van der Waals surface area contributed by atoms with Gasteiger partial charge in [0.05, 0.1) is 19.9 Å². The zero-order valence-electron chi connectivity index (χ0n) is 15.6. The summed E-state index contributed by atoms with van der Waals surface area (Å²) in [6.45, 7) is 3.83. The van der Waals surface area contributed by atoms with Crippen molar-refractivity contribution < 1.29 is 9.47 Å². The van der Waals surface area contributed by atoms with E-state index in [2.05, 4.69) is 39.6 Å². The third kappa shape index (κ3) is 5.79. The summed E-state index contributed by atoms with van der Waals surface area (Å²) in [5.74, 6) is 2.75. The van der Waals surface area contributed by atoms with Crippen LogP contribution in [0.4, 0.5) is 17.5 Å². The van der Waals surface area contributed by atoms with Crippen LogP contribution < -0.4 is 20.1 Å². The SMILES string of the molecule is COc1ccc(OC)c(Nc2nc(C)cc(NCCCN(C)C)n2)c1. The number of benzene rings is 1. The van der Waals surface area contributed by atoms with E-state index >= 15 is 0 Å². The first-order valence-corrected chi connectivity index (χ1v) is 8.25. The molecular formula is C18H27N5O2. The Morgan fingerprint density at radius 2 is 1.88 bits per heavy atom. The van der Waals surface area contributed by atoms with Crippen LogP contribution in [0.15, 0.2) is 24.3 Å². The number of anilines is 3. The van der Waals surface area contributed by atoms with Gasteiger partial charge in [0.15, 0.2) is 0 Å². The van der Waals surface area contributed by atoms with E-state index in [9.17, 15) is 0 Å². The molecule has 0 unspecified atom stereocenters. The van der Waals surface area contributed by atoms with Crippen molar-refractivity contribution in [1.29, 1.82) is 0 Å². The molecule has 2 N–H and O–H groups in total. The molecule has 1 heterocycles. The van der Waals surface area contributed by atoms with Gasteiger partial charge in [0.1, 0.15) is 17.3 Å². The van der Waals surface area contributed by atoms with Crippen molar-refractivity contribution in [1.82, 2.24) is 14.9 Å². The second-order valence-electron chi connectivity index (χ2n) is 5.99. The van der Waals surface area contributed by atoms with Gasteiger partial charge < -0.3 is 25.0 Å². The lowest BCUT2D eigenvalue weighted by atomic mass is 10.2. The van der Waals surface area contributed by atoms with Crippen LogP contribution in [0.1, 0.15) is 12.1 Å². The number of rotatable bonds is 9. The molecule has 0 saturated heterocycles. The predicted octanol–water partition coefficient (Wildman–Crippen LogP) is 2.91. The molecule has 136 valence electrons. The number of nitrogens with one attached hydrogen (secondary N) is 2. The maximum atomic E-state index is 5.39. The molecule has 0 bridgehead atoms. The van der Waals surface area contributed by atoms with Crippen LogP contribution >= 0.6 is 0 Å². The van der Waals surface area contributed by atoms with Crippen LogP contribution in [0.5, 0.6) is 11.5 Å². The molecule has 1 aromatic heterocycles. The summed E-state index contributed by atoms with van der Waals surface area (Å²) in [6.07, 6.45) is 1.04. The van der Waals surface area contributed by atoms with E-state index in [1.807, 2.05) is 31.2 Å². The molecule has 0 aliphatic heterocycles. The fourth-order valence-corrected chi connectivity index (χ4v) is 2.36. The van der Waals surface area contributed by atoms with E-state index in [1.54, 1.807) is 14.2 Å². The van der Waals surface area contributed by atoms with E-state index in [0.717, 1.165) is 42.5 Å². The molecule has 0 atom stereocenters. The molecule has 0 fully saturated rings. The van der Waals surface area contributed by atoms with Crippen LogP contribution in [-0.4, -0.2) is 56.3 Å². The second-order valence-corrected chi connectivity index (χ2v) is 5.99. The first-order valence-electron chi connectivity index (χ1n) is 8.25. The summed E-state index contributed by atoms with van der Waals surface area (Å²) in [5.41, 5.74) is 1.64. The van der Waals surface area contributed by atoms with Crippen LogP contribution in [0.25, 0.3) is 0 Å². The highest BCUT2D eigenvalue weighted by Crippen LogP contribution is 2.30. The third-order valence-electron chi connectivity index (χ3n) is 3.60. The number of ether oxygens (including phenoxy) is 2. The van der Waals surface area contributed by atoms with Gasteiger partial charge in [-0.3, -0.25) is 0 Å². The van der Waals surface area contributed by atoms with E-state index in [1.165, 1.54) is 0 Å². The number of hydrogen-bond donors (Lipinski definition) is 2. The van der Waals surface area contributed by atoms with E-state index in [0.29, 0.717) is 11.7 Å². The second kappa shape index (κ2) is 9.08. The first kappa shape index (κ1) is 18.8. The van der Waals surface area contributed by atoms with Gasteiger partial charge in [-0.1, -0.05) is 0 Å². The highest BCUT2D eigenvalue weighted by atomic mass is 16.5. The number of nitrogens with zero attached hydrogens (tertiary/aromatic N) is 3. The van der Waals surface area contributed by atoms with Gasteiger partial charge in [0, 0.05) is 24.4 Å². The summed E-state index contributed by atoms with van der Waals surface area (Å²) in [7, 11) is 7.39. The standard InChI is InChI=1S/C18H27N5O2/c1-13-11-17(19-9-6-10-23(2)3)22-18(20-13)21-15-12-14(24-4)7-8-16(15)25-5/h7-8,11-12H,6,9-10H2,1-5H3,(H2,19,20,21,22). The van der Waals surface area contributed by atoms with Crippen molar-refractivity contribution in [2.24, 2.45) is 0 Å². The molecule has 7 heteroatoms. The monoisotopic (exact) mass is 345 g/mol. The molecule has 0 spiro atoms. The Balaban J connectivity index is 2.12. The van der Waals surface area contributed by atoms with Gasteiger partial charge in [-0.25, -0.2) is 4.98 Å². The summed E-state index contributed by atoms with van der Waals surface area (Å²) in [5, 5.41) is 6.56. The van der Waals surface area contributed by atoms with Crippen LogP contribution in [0, 0.1) is 6.92 Å². The van der Waals surface area contributed by atoms with E-state index < -0.39 is 0 Å². The van der Waals surface area contributed by atoms with Gasteiger partial charge in [-0.05, 0) is 46.1 Å². The Morgan fingerprint density at radius 1 is 1.08 bits per heavy atom. The van der Waals surface area contributed by atoms with Gasteiger partial charge in [0.25, 0.3) is 0 Å². The van der Waals surface area contributed by atoms with Gasteiger partial charge >= 0.3 is 0 Å². The quantitative estimate of drug-likeness (QED) is 0.677. The Kier molecular flexibility index (Phi) is 6.82. The molecule has 0 aliphatic rings. The topological polar surface area (TPSA) is 71.5 Å². The summed E-state index contributed by atoms with van der Waals surface area (Å²) < 4.78 is 10.7. The Bertz CT molecular complexity index is 691. The summed E-state index contributed by atoms with van der Waals surface area (Å²) in [6, 6.07) is 7.48. The fourth-order valence-electron chi connectivity index (χ4n) is 2.36. The zero-order valence-corrected chi connectivity index (χ0v) is 15.6. The minimum absolute atomic E-state index is 0.515. The van der Waals surface area contributed by atoms with Gasteiger partial charge in [0.2, 0.25) is 5.95 Å². The minimum Gasteiger partial charge on any atom is -0.497 e. The maximum Gasteiger partial charge on any atom is 0.229 e. The molecule has 7 nitrogen and oxygen atoms in total. The highest BCUT2D eigenvalue weighted by Gasteiger charge is 2.08. The average molecular weight is 345 g/mol. The predicted molar refractivity (Wildman–Crippen MR) is 101 cm³/mol. The molecule has 0 saturated carbocycles.